The van der Waals surface area contributed by atoms with E-state index in [1.165, 1.54) is 5.56 Å². The van der Waals surface area contributed by atoms with Crippen molar-refractivity contribution in [2.45, 2.75) is 52.7 Å². The summed E-state index contributed by atoms with van der Waals surface area (Å²) in [7, 11) is 0. The van der Waals surface area contributed by atoms with Crippen molar-refractivity contribution in [3.05, 3.63) is 65.2 Å². The van der Waals surface area contributed by atoms with E-state index in [1.54, 1.807) is 0 Å². The summed E-state index contributed by atoms with van der Waals surface area (Å²) in [6.45, 7) is 7.80. The molecule has 1 atom stereocenters. The van der Waals surface area contributed by atoms with E-state index in [-0.39, 0.29) is 11.9 Å². The zero-order valence-electron chi connectivity index (χ0n) is 16.7. The van der Waals surface area contributed by atoms with E-state index < -0.39 is 0 Å². The highest BCUT2D eigenvalue weighted by Gasteiger charge is 2.13. The molecule has 0 aromatic heterocycles. The van der Waals surface area contributed by atoms with Gasteiger partial charge in [-0.1, -0.05) is 37.3 Å². The van der Waals surface area contributed by atoms with E-state index >= 15 is 0 Å². The normalized spacial score (nSPS) is 11.8. The number of amides is 1. The Hall–Kier alpha value is -2.33. The maximum atomic E-state index is 12.6. The average molecular weight is 370 g/mol. The Balaban J connectivity index is 1.96. The molecule has 0 fully saturated rings. The molecule has 0 saturated heterocycles. The van der Waals surface area contributed by atoms with Crippen molar-refractivity contribution in [1.82, 2.24) is 5.32 Å². The lowest BCUT2D eigenvalue weighted by Gasteiger charge is -2.16. The van der Waals surface area contributed by atoms with Crippen LogP contribution in [0, 0.1) is 0 Å². The highest BCUT2D eigenvalue weighted by atomic mass is 16.5. The summed E-state index contributed by atoms with van der Waals surface area (Å²) in [5, 5.41) is 3.09. The lowest BCUT2D eigenvalue weighted by atomic mass is 10.1. The molecular formula is C23H31NO3. The van der Waals surface area contributed by atoms with Crippen LogP contribution in [0.1, 0.15) is 55.1 Å². The molecular weight excluding hydrogens is 338 g/mol. The monoisotopic (exact) mass is 369 g/mol. The van der Waals surface area contributed by atoms with E-state index in [9.17, 15) is 4.79 Å². The van der Waals surface area contributed by atoms with Crippen LogP contribution in [0.25, 0.3) is 0 Å². The third-order valence-corrected chi connectivity index (χ3v) is 4.31. The first kappa shape index (κ1) is 21.0. The minimum atomic E-state index is -0.0599. The molecule has 4 nitrogen and oxygen atoms in total. The fraction of sp³-hybridized carbons (Fsp3) is 0.435. The molecule has 1 amide bonds. The number of carbonyl (C=O) groups excluding carboxylic acids is 1. The Morgan fingerprint density at radius 2 is 1.89 bits per heavy atom. The second-order valence-electron chi connectivity index (χ2n) is 6.71. The first-order valence-electron chi connectivity index (χ1n) is 9.82. The Morgan fingerprint density at radius 1 is 1.11 bits per heavy atom. The van der Waals surface area contributed by atoms with Gasteiger partial charge in [-0.15, -0.1) is 0 Å². The van der Waals surface area contributed by atoms with Crippen LogP contribution in [0.2, 0.25) is 0 Å². The largest absolute Gasteiger partial charge is 0.494 e. The van der Waals surface area contributed by atoms with Gasteiger partial charge in [0.2, 0.25) is 0 Å². The number of carbonyl (C=O) groups is 1. The molecule has 0 saturated carbocycles. The van der Waals surface area contributed by atoms with E-state index in [0.717, 1.165) is 30.6 Å². The molecule has 2 aromatic rings. The van der Waals surface area contributed by atoms with Gasteiger partial charge in [0.15, 0.2) is 0 Å². The Kier molecular flexibility index (Phi) is 8.85. The molecule has 0 spiro atoms. The number of rotatable bonds is 11. The van der Waals surface area contributed by atoms with Crippen LogP contribution < -0.4 is 10.1 Å². The van der Waals surface area contributed by atoms with Crippen LogP contribution in [-0.2, 0) is 17.8 Å². The van der Waals surface area contributed by atoms with Crippen molar-refractivity contribution in [3.63, 3.8) is 0 Å². The van der Waals surface area contributed by atoms with Gasteiger partial charge in [0.25, 0.3) is 5.91 Å². The molecule has 0 aliphatic carbocycles. The lowest BCUT2D eigenvalue weighted by Crippen LogP contribution is -2.33. The van der Waals surface area contributed by atoms with Crippen LogP contribution >= 0.6 is 0 Å². The highest BCUT2D eigenvalue weighted by Crippen LogP contribution is 2.22. The van der Waals surface area contributed by atoms with Gasteiger partial charge in [-0.25, -0.2) is 0 Å². The second kappa shape index (κ2) is 11.4. The van der Waals surface area contributed by atoms with Gasteiger partial charge in [0.1, 0.15) is 5.75 Å². The number of hydrogen-bond donors (Lipinski definition) is 1. The van der Waals surface area contributed by atoms with Gasteiger partial charge in [-0.05, 0) is 56.9 Å². The molecule has 1 N–H and O–H groups in total. The number of hydrogen-bond acceptors (Lipinski definition) is 3. The van der Waals surface area contributed by atoms with Crippen LogP contribution in [-0.4, -0.2) is 25.2 Å². The number of benzene rings is 2. The molecule has 0 bridgehead atoms. The second-order valence-corrected chi connectivity index (χ2v) is 6.71. The molecule has 0 unspecified atom stereocenters. The fourth-order valence-electron chi connectivity index (χ4n) is 2.86. The van der Waals surface area contributed by atoms with Crippen molar-refractivity contribution in [2.24, 2.45) is 0 Å². The van der Waals surface area contributed by atoms with Crippen molar-refractivity contribution < 1.29 is 14.3 Å². The van der Waals surface area contributed by atoms with Gasteiger partial charge in [-0.3, -0.25) is 4.79 Å². The smallest absolute Gasteiger partial charge is 0.251 e. The summed E-state index contributed by atoms with van der Waals surface area (Å²) in [6.07, 6.45) is 2.81. The first-order chi connectivity index (χ1) is 13.1. The third kappa shape index (κ3) is 7.06. The maximum absolute atomic E-state index is 12.6. The molecule has 0 radical (unpaired) electrons. The van der Waals surface area contributed by atoms with Crippen LogP contribution in [0.15, 0.2) is 48.5 Å². The summed E-state index contributed by atoms with van der Waals surface area (Å²) in [4.78, 5) is 12.6. The Bertz CT molecular complexity index is 700. The van der Waals surface area contributed by atoms with Crippen molar-refractivity contribution >= 4 is 5.91 Å². The Labute approximate surface area is 162 Å². The van der Waals surface area contributed by atoms with Crippen molar-refractivity contribution in [1.29, 1.82) is 0 Å². The summed E-state index contributed by atoms with van der Waals surface area (Å²) in [5.41, 5.74) is 2.84. The molecule has 2 rings (SSSR count). The molecule has 2 aromatic carbocycles. The maximum Gasteiger partial charge on any atom is 0.251 e. The predicted molar refractivity (Wildman–Crippen MR) is 109 cm³/mol. The van der Waals surface area contributed by atoms with Gasteiger partial charge < -0.3 is 14.8 Å². The fourth-order valence-corrected chi connectivity index (χ4v) is 2.86. The summed E-state index contributed by atoms with van der Waals surface area (Å²) in [5.74, 6) is 0.720. The quantitative estimate of drug-likeness (QED) is 0.581. The third-order valence-electron chi connectivity index (χ3n) is 4.31. The van der Waals surface area contributed by atoms with E-state index in [4.69, 9.17) is 9.47 Å². The van der Waals surface area contributed by atoms with E-state index in [0.29, 0.717) is 25.4 Å². The average Bonchev–Trinajstić information content (AvgIpc) is 2.68. The minimum absolute atomic E-state index is 0.0599. The van der Waals surface area contributed by atoms with Gasteiger partial charge >= 0.3 is 0 Å². The predicted octanol–water partition coefficient (Wildman–Crippen LogP) is 4.76. The first-order valence-corrected chi connectivity index (χ1v) is 9.82. The van der Waals surface area contributed by atoms with Crippen molar-refractivity contribution in [2.75, 3.05) is 13.2 Å². The molecule has 4 heteroatoms. The topological polar surface area (TPSA) is 47.6 Å². The zero-order valence-corrected chi connectivity index (χ0v) is 16.7. The van der Waals surface area contributed by atoms with Crippen molar-refractivity contribution in [3.8, 4) is 5.75 Å². The van der Waals surface area contributed by atoms with Gasteiger partial charge in [-0.2, -0.15) is 0 Å². The Morgan fingerprint density at radius 3 is 2.59 bits per heavy atom. The number of nitrogens with one attached hydrogen (secondary N) is 1. The van der Waals surface area contributed by atoms with Gasteiger partial charge in [0, 0.05) is 23.8 Å². The van der Waals surface area contributed by atoms with Gasteiger partial charge in [0.05, 0.1) is 13.2 Å². The highest BCUT2D eigenvalue weighted by molar-refractivity contribution is 5.94. The number of ether oxygens (including phenoxy) is 2. The van der Waals surface area contributed by atoms with Crippen LogP contribution in [0.4, 0.5) is 0 Å². The zero-order chi connectivity index (χ0) is 19.5. The number of aryl methyl sites for hydroxylation is 1. The minimum Gasteiger partial charge on any atom is -0.494 e. The lowest BCUT2D eigenvalue weighted by molar-refractivity contribution is 0.0937. The molecule has 146 valence electrons. The summed E-state index contributed by atoms with van der Waals surface area (Å²) in [6, 6.07) is 16.0. The van der Waals surface area contributed by atoms with Crippen LogP contribution in [0.3, 0.4) is 0 Å². The SMILES string of the molecule is CCCOCc1cc(C(=O)N[C@H](C)CCc2ccccc2)ccc1OCC. The van der Waals surface area contributed by atoms with E-state index in [2.05, 4.69) is 24.4 Å². The van der Waals surface area contributed by atoms with E-state index in [1.807, 2.05) is 50.2 Å². The summed E-state index contributed by atoms with van der Waals surface area (Å²) < 4.78 is 11.3. The molecule has 0 aliphatic rings. The molecule has 0 aliphatic heterocycles. The standard InChI is InChI=1S/C23H31NO3/c1-4-15-26-17-21-16-20(13-14-22(21)27-5-2)23(25)24-18(3)11-12-19-9-7-6-8-10-19/h6-10,13-14,16,18H,4-5,11-12,15,17H2,1-3H3,(H,24,25)/t18-/m1/s1. The van der Waals surface area contributed by atoms with Crippen LogP contribution in [0.5, 0.6) is 5.75 Å². The molecule has 27 heavy (non-hydrogen) atoms. The summed E-state index contributed by atoms with van der Waals surface area (Å²) >= 11 is 0. The molecule has 0 heterocycles.